The predicted octanol–water partition coefficient (Wildman–Crippen LogP) is 4.69. The molecule has 94 valence electrons. The molecule has 0 radical (unpaired) electrons. The van der Waals surface area contributed by atoms with E-state index < -0.39 is 0 Å². The van der Waals surface area contributed by atoms with Crippen LogP contribution in [0.25, 0.3) is 0 Å². The van der Waals surface area contributed by atoms with Gasteiger partial charge in [0.2, 0.25) is 5.88 Å². The van der Waals surface area contributed by atoms with Crippen molar-refractivity contribution in [1.29, 1.82) is 0 Å². The fourth-order valence-electron chi connectivity index (χ4n) is 1.74. The van der Waals surface area contributed by atoms with Crippen LogP contribution in [0.5, 0.6) is 11.6 Å². The highest BCUT2D eigenvalue weighted by molar-refractivity contribution is 9.08. The van der Waals surface area contributed by atoms with E-state index in [1.165, 1.54) is 5.56 Å². The quantitative estimate of drug-likeness (QED) is 0.767. The lowest BCUT2D eigenvalue weighted by Gasteiger charge is -2.11. The number of ether oxygens (including phenoxy) is 1. The third kappa shape index (κ3) is 2.72. The molecule has 0 fully saturated rings. The predicted molar refractivity (Wildman–Crippen MR) is 77.6 cm³/mol. The Hall–Kier alpha value is -1.35. The molecule has 0 spiro atoms. The first-order valence-electron chi connectivity index (χ1n) is 5.87. The van der Waals surface area contributed by atoms with Gasteiger partial charge in [-0.15, -0.1) is 0 Å². The number of rotatable bonds is 3. The summed E-state index contributed by atoms with van der Waals surface area (Å²) in [5.41, 5.74) is 4.58. The molecule has 0 saturated heterocycles. The van der Waals surface area contributed by atoms with Gasteiger partial charge in [-0.05, 0) is 49.6 Å². The maximum atomic E-state index is 5.89. The second-order valence-corrected chi connectivity index (χ2v) is 4.96. The molecule has 0 saturated carbocycles. The second kappa shape index (κ2) is 5.53. The summed E-state index contributed by atoms with van der Waals surface area (Å²) in [7, 11) is 0. The molecular weight excluding hydrogens is 290 g/mol. The van der Waals surface area contributed by atoms with Crippen molar-refractivity contribution < 1.29 is 4.74 Å². The van der Waals surface area contributed by atoms with Crippen LogP contribution in [-0.2, 0) is 5.33 Å². The lowest BCUT2D eigenvalue weighted by molar-refractivity contribution is 0.455. The number of hydrogen-bond acceptors (Lipinski definition) is 2. The van der Waals surface area contributed by atoms with E-state index in [9.17, 15) is 0 Å². The number of pyridine rings is 1. The van der Waals surface area contributed by atoms with Gasteiger partial charge in [0.15, 0.2) is 0 Å². The van der Waals surface area contributed by atoms with Gasteiger partial charge < -0.3 is 4.74 Å². The van der Waals surface area contributed by atoms with Gasteiger partial charge in [0.25, 0.3) is 0 Å². The minimum atomic E-state index is 0.674. The van der Waals surface area contributed by atoms with Crippen LogP contribution in [0.15, 0.2) is 30.5 Å². The molecule has 1 aromatic carbocycles. The van der Waals surface area contributed by atoms with E-state index in [-0.39, 0.29) is 0 Å². The lowest BCUT2D eigenvalue weighted by Crippen LogP contribution is -1.95. The molecule has 3 heteroatoms. The minimum absolute atomic E-state index is 0.674. The van der Waals surface area contributed by atoms with Crippen molar-refractivity contribution in [2.75, 3.05) is 0 Å². The van der Waals surface area contributed by atoms with E-state index >= 15 is 0 Å². The molecule has 1 heterocycles. The molecule has 0 N–H and O–H groups in total. The molecule has 2 aromatic rings. The zero-order valence-electron chi connectivity index (χ0n) is 10.8. The highest BCUT2D eigenvalue weighted by atomic mass is 79.9. The normalized spacial score (nSPS) is 10.4. The summed E-state index contributed by atoms with van der Waals surface area (Å²) >= 11 is 3.42. The SMILES string of the molecule is Cc1cc(CBr)cnc1Oc1cccc(C)c1C. The number of aromatic nitrogens is 1. The Labute approximate surface area is 116 Å². The van der Waals surface area contributed by atoms with E-state index in [1.54, 1.807) is 0 Å². The van der Waals surface area contributed by atoms with Crippen molar-refractivity contribution in [3.8, 4) is 11.6 Å². The Morgan fingerprint density at radius 2 is 1.94 bits per heavy atom. The monoisotopic (exact) mass is 305 g/mol. The van der Waals surface area contributed by atoms with E-state index in [1.807, 2.05) is 25.3 Å². The molecule has 0 aliphatic carbocycles. The maximum absolute atomic E-state index is 5.89. The van der Waals surface area contributed by atoms with Crippen LogP contribution in [0.2, 0.25) is 0 Å². The zero-order chi connectivity index (χ0) is 13.1. The van der Waals surface area contributed by atoms with E-state index in [0.29, 0.717) is 5.88 Å². The Bertz CT molecular complexity index is 566. The molecule has 0 atom stereocenters. The van der Waals surface area contributed by atoms with Crippen LogP contribution in [0, 0.1) is 20.8 Å². The summed E-state index contributed by atoms with van der Waals surface area (Å²) in [6, 6.07) is 8.14. The first-order chi connectivity index (χ1) is 8.61. The van der Waals surface area contributed by atoms with E-state index in [2.05, 4.69) is 46.9 Å². The summed E-state index contributed by atoms with van der Waals surface area (Å²) in [4.78, 5) is 4.36. The van der Waals surface area contributed by atoms with Crippen molar-refractivity contribution in [3.05, 3.63) is 52.7 Å². The van der Waals surface area contributed by atoms with Crippen LogP contribution in [0.4, 0.5) is 0 Å². The van der Waals surface area contributed by atoms with Crippen LogP contribution in [-0.4, -0.2) is 4.98 Å². The van der Waals surface area contributed by atoms with Crippen molar-refractivity contribution in [2.24, 2.45) is 0 Å². The molecule has 18 heavy (non-hydrogen) atoms. The van der Waals surface area contributed by atoms with Crippen molar-refractivity contribution in [1.82, 2.24) is 4.98 Å². The van der Waals surface area contributed by atoms with E-state index in [4.69, 9.17) is 4.74 Å². The topological polar surface area (TPSA) is 22.1 Å². The lowest BCUT2D eigenvalue weighted by atomic mass is 10.1. The van der Waals surface area contributed by atoms with Gasteiger partial charge in [0, 0.05) is 17.1 Å². The Morgan fingerprint density at radius 1 is 1.17 bits per heavy atom. The third-order valence-electron chi connectivity index (χ3n) is 3.00. The fraction of sp³-hybridized carbons (Fsp3) is 0.267. The first kappa shape index (κ1) is 13.1. The zero-order valence-corrected chi connectivity index (χ0v) is 12.4. The highest BCUT2D eigenvalue weighted by Gasteiger charge is 2.07. The van der Waals surface area contributed by atoms with Crippen LogP contribution < -0.4 is 4.74 Å². The van der Waals surface area contributed by atoms with Crippen molar-refractivity contribution in [2.45, 2.75) is 26.1 Å². The number of hydrogen-bond donors (Lipinski definition) is 0. The van der Waals surface area contributed by atoms with Gasteiger partial charge in [0.05, 0.1) is 0 Å². The largest absolute Gasteiger partial charge is 0.438 e. The van der Waals surface area contributed by atoms with Crippen LogP contribution in [0.1, 0.15) is 22.3 Å². The number of halogens is 1. The molecule has 0 unspecified atom stereocenters. The Morgan fingerprint density at radius 3 is 2.61 bits per heavy atom. The summed E-state index contributed by atoms with van der Waals surface area (Å²) in [6.45, 7) is 6.16. The number of aryl methyl sites for hydroxylation is 2. The smallest absolute Gasteiger partial charge is 0.222 e. The van der Waals surface area contributed by atoms with Crippen molar-refractivity contribution in [3.63, 3.8) is 0 Å². The number of alkyl halides is 1. The van der Waals surface area contributed by atoms with Crippen LogP contribution in [0.3, 0.4) is 0 Å². The molecule has 0 amide bonds. The van der Waals surface area contributed by atoms with Gasteiger partial charge in [-0.3, -0.25) is 0 Å². The van der Waals surface area contributed by atoms with Crippen LogP contribution >= 0.6 is 15.9 Å². The fourth-order valence-corrected chi connectivity index (χ4v) is 2.05. The second-order valence-electron chi connectivity index (χ2n) is 4.40. The molecule has 0 aliphatic rings. The Balaban J connectivity index is 2.31. The number of benzene rings is 1. The van der Waals surface area contributed by atoms with E-state index in [0.717, 1.165) is 27.8 Å². The van der Waals surface area contributed by atoms with Crippen molar-refractivity contribution >= 4 is 15.9 Å². The molecular formula is C15H16BrNO. The summed E-state index contributed by atoms with van der Waals surface area (Å²) < 4.78 is 5.89. The average Bonchev–Trinajstić information content (AvgIpc) is 2.37. The van der Waals surface area contributed by atoms with Gasteiger partial charge in [-0.2, -0.15) is 0 Å². The first-order valence-corrected chi connectivity index (χ1v) is 6.99. The molecule has 2 rings (SSSR count). The molecule has 0 bridgehead atoms. The summed E-state index contributed by atoms with van der Waals surface area (Å²) in [5, 5.41) is 0.810. The molecule has 0 aliphatic heterocycles. The molecule has 1 aromatic heterocycles. The number of nitrogens with zero attached hydrogens (tertiary/aromatic N) is 1. The maximum Gasteiger partial charge on any atom is 0.222 e. The summed E-state index contributed by atoms with van der Waals surface area (Å²) in [5.74, 6) is 1.55. The standard InChI is InChI=1S/C15H16BrNO/c1-10-5-4-6-14(12(10)3)18-15-11(2)7-13(8-16)9-17-15/h4-7,9H,8H2,1-3H3. The highest BCUT2D eigenvalue weighted by Crippen LogP contribution is 2.28. The van der Waals surface area contributed by atoms with Gasteiger partial charge in [0.1, 0.15) is 5.75 Å². The third-order valence-corrected chi connectivity index (χ3v) is 3.65. The summed E-state index contributed by atoms with van der Waals surface area (Å²) in [6.07, 6.45) is 1.84. The molecule has 2 nitrogen and oxygen atoms in total. The average molecular weight is 306 g/mol. The van der Waals surface area contributed by atoms with Gasteiger partial charge in [-0.1, -0.05) is 28.1 Å². The van der Waals surface area contributed by atoms with Gasteiger partial charge >= 0.3 is 0 Å². The van der Waals surface area contributed by atoms with Gasteiger partial charge in [-0.25, -0.2) is 4.98 Å². The minimum Gasteiger partial charge on any atom is -0.438 e. The Kier molecular flexibility index (Phi) is 4.02.